The first kappa shape index (κ1) is 24.3. The van der Waals surface area contributed by atoms with Gasteiger partial charge in [-0.3, -0.25) is 4.79 Å². The second-order valence-corrected chi connectivity index (χ2v) is 11.7. The maximum Gasteiger partial charge on any atom is 0.226 e. The summed E-state index contributed by atoms with van der Waals surface area (Å²) in [7, 11) is 0. The fraction of sp³-hybridized carbons (Fsp3) is 0.500. The van der Waals surface area contributed by atoms with Gasteiger partial charge in [-0.05, 0) is 92.9 Å². The molecule has 194 valence electrons. The van der Waals surface area contributed by atoms with Crippen molar-refractivity contribution in [3.63, 3.8) is 0 Å². The molecule has 1 N–H and O–H groups in total. The quantitative estimate of drug-likeness (QED) is 0.257. The van der Waals surface area contributed by atoms with Crippen LogP contribution in [0.2, 0.25) is 0 Å². The fourth-order valence-corrected chi connectivity index (χ4v) is 7.80. The number of aromatic nitrogens is 2. The van der Waals surface area contributed by atoms with E-state index in [0.29, 0.717) is 19.1 Å². The Morgan fingerprint density at radius 3 is 2.51 bits per heavy atom. The summed E-state index contributed by atoms with van der Waals surface area (Å²) in [5, 5.41) is 3.34. The van der Waals surface area contributed by atoms with E-state index in [2.05, 4.69) is 40.7 Å². The number of fused-ring (bicyclic) bond motifs is 1. The lowest BCUT2D eigenvalue weighted by Gasteiger charge is -2.55. The smallest absolute Gasteiger partial charge is 0.226 e. The Bertz CT molecular complexity index is 1240. The fourth-order valence-electron chi connectivity index (χ4n) is 7.80. The van der Waals surface area contributed by atoms with E-state index in [4.69, 9.17) is 9.72 Å². The van der Waals surface area contributed by atoms with E-state index in [1.807, 2.05) is 30.3 Å². The molecule has 1 aromatic heterocycles. The molecule has 4 fully saturated rings. The average Bonchev–Trinajstić information content (AvgIpc) is 3.24. The molecule has 37 heavy (non-hydrogen) atoms. The first-order valence-electron chi connectivity index (χ1n) is 14.2. The van der Waals surface area contributed by atoms with E-state index in [-0.39, 0.29) is 5.41 Å². The maximum absolute atomic E-state index is 13.4. The Morgan fingerprint density at radius 2 is 1.76 bits per heavy atom. The van der Waals surface area contributed by atoms with Gasteiger partial charge in [0.05, 0.1) is 17.6 Å². The number of imidazole rings is 1. The van der Waals surface area contributed by atoms with Crippen LogP contribution in [0.1, 0.15) is 56.3 Å². The van der Waals surface area contributed by atoms with Gasteiger partial charge in [0, 0.05) is 24.9 Å². The molecule has 0 aliphatic heterocycles. The average molecular weight is 498 g/mol. The molecule has 2 aromatic carbocycles. The number of ether oxygens (including phenoxy) is 1. The molecule has 5 heteroatoms. The van der Waals surface area contributed by atoms with Crippen molar-refractivity contribution in [3.8, 4) is 5.75 Å². The van der Waals surface area contributed by atoms with Crippen LogP contribution in [0, 0.1) is 23.2 Å². The molecule has 4 saturated carbocycles. The maximum atomic E-state index is 13.4. The predicted molar refractivity (Wildman–Crippen MR) is 148 cm³/mol. The SMILES string of the molecule is C=CCc1ccccc1OCCCn1c(CCNC(=O)C23CC4CC(CC(C4)C2)C3)nc2ccccc21. The highest BCUT2D eigenvalue weighted by Gasteiger charge is 2.54. The van der Waals surface area contributed by atoms with Gasteiger partial charge < -0.3 is 14.6 Å². The summed E-state index contributed by atoms with van der Waals surface area (Å²) >= 11 is 0. The zero-order valence-corrected chi connectivity index (χ0v) is 21.8. The number of rotatable bonds is 11. The summed E-state index contributed by atoms with van der Waals surface area (Å²) in [4.78, 5) is 18.3. The number of carbonyl (C=O) groups excluding carboxylic acids is 1. The minimum atomic E-state index is -0.0892. The first-order chi connectivity index (χ1) is 18.1. The van der Waals surface area contributed by atoms with E-state index >= 15 is 0 Å². The van der Waals surface area contributed by atoms with Crippen molar-refractivity contribution in [2.24, 2.45) is 23.2 Å². The summed E-state index contributed by atoms with van der Waals surface area (Å²) in [6.45, 7) is 5.98. The molecule has 0 saturated heterocycles. The molecule has 0 radical (unpaired) electrons. The number of carbonyl (C=O) groups is 1. The van der Waals surface area contributed by atoms with Crippen molar-refractivity contribution in [2.45, 2.75) is 64.3 Å². The summed E-state index contributed by atoms with van der Waals surface area (Å²) in [6.07, 6.45) is 11.8. The number of nitrogens with zero attached hydrogens (tertiary/aromatic N) is 2. The number of hydrogen-bond acceptors (Lipinski definition) is 3. The molecular weight excluding hydrogens is 458 g/mol. The Kier molecular flexibility index (Phi) is 6.79. The number of aryl methyl sites for hydroxylation is 1. The molecule has 4 aliphatic rings. The number of para-hydroxylation sites is 3. The summed E-state index contributed by atoms with van der Waals surface area (Å²) in [5.74, 6) is 4.64. The van der Waals surface area contributed by atoms with Crippen LogP contribution in [-0.2, 0) is 24.2 Å². The van der Waals surface area contributed by atoms with E-state index in [1.165, 1.54) is 24.8 Å². The highest BCUT2D eigenvalue weighted by Crippen LogP contribution is 2.60. The van der Waals surface area contributed by atoms with E-state index < -0.39 is 0 Å². The van der Waals surface area contributed by atoms with Gasteiger partial charge in [-0.2, -0.15) is 0 Å². The van der Waals surface area contributed by atoms with Crippen LogP contribution in [0.4, 0.5) is 0 Å². The summed E-state index contributed by atoms with van der Waals surface area (Å²) in [5.41, 5.74) is 3.24. The highest BCUT2D eigenvalue weighted by atomic mass is 16.5. The Balaban J connectivity index is 1.08. The number of nitrogens with one attached hydrogen (secondary N) is 1. The van der Waals surface area contributed by atoms with Gasteiger partial charge in [-0.1, -0.05) is 36.4 Å². The standard InChI is InChI=1S/C32H39N3O2/c1-2-8-26-9-3-6-12-29(26)37-16-7-15-35-28-11-5-4-10-27(28)34-30(35)13-14-33-31(36)32-20-23-17-24(21-32)19-25(18-23)22-32/h2-6,9-12,23-25H,1,7-8,13-22H2,(H,33,36). The Hall–Kier alpha value is -3.08. The molecule has 0 unspecified atom stereocenters. The normalized spacial score (nSPS) is 25.9. The van der Waals surface area contributed by atoms with Crippen LogP contribution < -0.4 is 10.1 Å². The lowest BCUT2D eigenvalue weighted by Crippen LogP contribution is -2.53. The van der Waals surface area contributed by atoms with E-state index in [0.717, 1.165) is 85.4 Å². The molecular formula is C32H39N3O2. The molecule has 4 bridgehead atoms. The van der Waals surface area contributed by atoms with Crippen LogP contribution in [0.25, 0.3) is 11.0 Å². The molecule has 1 heterocycles. The Morgan fingerprint density at radius 1 is 1.05 bits per heavy atom. The Labute approximate surface area is 220 Å². The van der Waals surface area contributed by atoms with Gasteiger partial charge in [0.1, 0.15) is 11.6 Å². The van der Waals surface area contributed by atoms with E-state index in [1.54, 1.807) is 0 Å². The monoisotopic (exact) mass is 497 g/mol. The lowest BCUT2D eigenvalue weighted by atomic mass is 9.49. The van der Waals surface area contributed by atoms with Crippen LogP contribution >= 0.6 is 0 Å². The highest BCUT2D eigenvalue weighted by molar-refractivity contribution is 5.83. The second kappa shape index (κ2) is 10.4. The molecule has 5 nitrogen and oxygen atoms in total. The van der Waals surface area contributed by atoms with Gasteiger partial charge in [-0.25, -0.2) is 4.98 Å². The lowest BCUT2D eigenvalue weighted by molar-refractivity contribution is -0.146. The van der Waals surface area contributed by atoms with Gasteiger partial charge in [0.2, 0.25) is 5.91 Å². The van der Waals surface area contributed by atoms with Gasteiger partial charge in [0.25, 0.3) is 0 Å². The first-order valence-corrected chi connectivity index (χ1v) is 14.2. The van der Waals surface area contributed by atoms with Crippen LogP contribution in [0.3, 0.4) is 0 Å². The number of amides is 1. The molecule has 7 rings (SSSR count). The third kappa shape index (κ3) is 4.93. The van der Waals surface area contributed by atoms with Crippen molar-refractivity contribution >= 4 is 16.9 Å². The molecule has 0 atom stereocenters. The van der Waals surface area contributed by atoms with Crippen LogP contribution in [0.5, 0.6) is 5.75 Å². The zero-order valence-electron chi connectivity index (χ0n) is 21.8. The van der Waals surface area contributed by atoms with Gasteiger partial charge in [-0.15, -0.1) is 6.58 Å². The van der Waals surface area contributed by atoms with Crippen molar-refractivity contribution in [1.82, 2.24) is 14.9 Å². The number of allylic oxidation sites excluding steroid dienone is 1. The summed E-state index contributed by atoms with van der Waals surface area (Å²) in [6, 6.07) is 16.5. The van der Waals surface area contributed by atoms with Crippen LogP contribution in [0.15, 0.2) is 61.2 Å². The van der Waals surface area contributed by atoms with Gasteiger partial charge in [0.15, 0.2) is 0 Å². The van der Waals surface area contributed by atoms with Crippen molar-refractivity contribution in [2.75, 3.05) is 13.2 Å². The molecule has 1 amide bonds. The summed E-state index contributed by atoms with van der Waals surface area (Å²) < 4.78 is 8.44. The molecule has 4 aliphatic carbocycles. The minimum absolute atomic E-state index is 0.0892. The minimum Gasteiger partial charge on any atom is -0.493 e. The predicted octanol–water partition coefficient (Wildman–Crippen LogP) is 6.11. The van der Waals surface area contributed by atoms with Crippen molar-refractivity contribution in [1.29, 1.82) is 0 Å². The topological polar surface area (TPSA) is 56.1 Å². The third-order valence-electron chi connectivity index (χ3n) is 9.01. The van der Waals surface area contributed by atoms with Gasteiger partial charge >= 0.3 is 0 Å². The molecule has 0 spiro atoms. The van der Waals surface area contributed by atoms with Crippen LogP contribution in [-0.4, -0.2) is 28.6 Å². The zero-order chi connectivity index (χ0) is 25.2. The largest absolute Gasteiger partial charge is 0.493 e. The molecule has 3 aromatic rings. The third-order valence-corrected chi connectivity index (χ3v) is 9.01. The number of benzene rings is 2. The van der Waals surface area contributed by atoms with Crippen molar-refractivity contribution in [3.05, 3.63) is 72.6 Å². The van der Waals surface area contributed by atoms with E-state index in [9.17, 15) is 4.79 Å². The number of hydrogen-bond donors (Lipinski definition) is 1. The van der Waals surface area contributed by atoms with Crippen molar-refractivity contribution < 1.29 is 9.53 Å². The second-order valence-electron chi connectivity index (χ2n) is 11.7.